The van der Waals surface area contributed by atoms with Crippen LogP contribution < -0.4 is 4.80 Å². The zero-order valence-electron chi connectivity index (χ0n) is 14.9. The molecule has 0 saturated heterocycles. The summed E-state index contributed by atoms with van der Waals surface area (Å²) in [5, 5.41) is 0. The molecule has 1 amide bonds. The molecule has 0 aliphatic rings. The number of nitrogens with zero attached hydrogens (tertiary/aromatic N) is 2. The SMILES string of the molecule is Cn1c(=NC(=O)c2ccc(C(=O)c3ccccc3)cc2)sc2cc(F)ccc21. The van der Waals surface area contributed by atoms with Gasteiger partial charge in [-0.3, -0.25) is 9.59 Å². The molecule has 0 unspecified atom stereocenters. The third-order valence-electron chi connectivity index (χ3n) is 4.40. The van der Waals surface area contributed by atoms with E-state index >= 15 is 0 Å². The summed E-state index contributed by atoms with van der Waals surface area (Å²) in [5.41, 5.74) is 2.29. The second kappa shape index (κ2) is 7.32. The highest BCUT2D eigenvalue weighted by atomic mass is 32.1. The summed E-state index contributed by atoms with van der Waals surface area (Å²) >= 11 is 1.25. The van der Waals surface area contributed by atoms with Gasteiger partial charge in [0.2, 0.25) is 0 Å². The lowest BCUT2D eigenvalue weighted by molar-refractivity contribution is 0.0994. The Morgan fingerprint density at radius 1 is 0.893 bits per heavy atom. The molecule has 0 aliphatic heterocycles. The predicted octanol–water partition coefficient (Wildman–Crippen LogP) is 4.35. The lowest BCUT2D eigenvalue weighted by atomic mass is 10.0. The lowest BCUT2D eigenvalue weighted by Crippen LogP contribution is -2.13. The number of thiazole rings is 1. The van der Waals surface area contributed by atoms with Crippen molar-refractivity contribution in [3.05, 3.63) is 100 Å². The molecule has 4 aromatic rings. The molecule has 0 atom stereocenters. The van der Waals surface area contributed by atoms with Crippen LogP contribution in [-0.2, 0) is 7.05 Å². The molecule has 4 nitrogen and oxygen atoms in total. The van der Waals surface area contributed by atoms with Crippen LogP contribution in [0.4, 0.5) is 4.39 Å². The van der Waals surface area contributed by atoms with Gasteiger partial charge in [0.1, 0.15) is 5.82 Å². The molecule has 0 bridgehead atoms. The van der Waals surface area contributed by atoms with Crippen LogP contribution in [0.2, 0.25) is 0 Å². The highest BCUT2D eigenvalue weighted by Crippen LogP contribution is 2.18. The number of amides is 1. The van der Waals surface area contributed by atoms with E-state index in [1.54, 1.807) is 66.2 Å². The number of aryl methyl sites for hydroxylation is 1. The van der Waals surface area contributed by atoms with Crippen LogP contribution in [0.1, 0.15) is 26.3 Å². The highest BCUT2D eigenvalue weighted by Gasteiger charge is 2.11. The number of aromatic nitrogens is 1. The third-order valence-corrected chi connectivity index (χ3v) is 5.49. The van der Waals surface area contributed by atoms with Gasteiger partial charge in [0.05, 0.1) is 10.2 Å². The molecule has 1 heterocycles. The Hall–Kier alpha value is -3.38. The second-order valence-electron chi connectivity index (χ2n) is 6.25. The zero-order valence-corrected chi connectivity index (χ0v) is 15.7. The van der Waals surface area contributed by atoms with E-state index in [4.69, 9.17) is 0 Å². The van der Waals surface area contributed by atoms with Crippen LogP contribution in [0.25, 0.3) is 10.2 Å². The van der Waals surface area contributed by atoms with Crippen LogP contribution in [0.15, 0.2) is 77.8 Å². The Kier molecular flexibility index (Phi) is 4.71. The fourth-order valence-electron chi connectivity index (χ4n) is 2.89. The molecule has 28 heavy (non-hydrogen) atoms. The van der Waals surface area contributed by atoms with E-state index in [1.165, 1.54) is 23.5 Å². The van der Waals surface area contributed by atoms with E-state index in [0.717, 1.165) is 10.2 Å². The normalized spacial score (nSPS) is 11.7. The van der Waals surface area contributed by atoms with Gasteiger partial charge in [-0.1, -0.05) is 53.8 Å². The van der Waals surface area contributed by atoms with Crippen molar-refractivity contribution in [2.45, 2.75) is 0 Å². The molecule has 3 aromatic carbocycles. The highest BCUT2D eigenvalue weighted by molar-refractivity contribution is 7.16. The topological polar surface area (TPSA) is 51.4 Å². The summed E-state index contributed by atoms with van der Waals surface area (Å²) in [6, 6.07) is 19.9. The number of benzene rings is 3. The fraction of sp³-hybridized carbons (Fsp3) is 0.0455. The molecular formula is C22H15FN2O2S. The minimum Gasteiger partial charge on any atom is -0.319 e. The number of halogens is 1. The van der Waals surface area contributed by atoms with Crippen molar-refractivity contribution in [1.29, 1.82) is 0 Å². The summed E-state index contributed by atoms with van der Waals surface area (Å²) in [6.07, 6.45) is 0. The quantitative estimate of drug-likeness (QED) is 0.488. The van der Waals surface area contributed by atoms with Crippen LogP contribution in [0.5, 0.6) is 0 Å². The smallest absolute Gasteiger partial charge is 0.279 e. The van der Waals surface area contributed by atoms with E-state index < -0.39 is 5.91 Å². The maximum absolute atomic E-state index is 13.4. The molecule has 4 rings (SSSR count). The van der Waals surface area contributed by atoms with Crippen molar-refractivity contribution in [2.24, 2.45) is 12.0 Å². The Balaban J connectivity index is 1.63. The van der Waals surface area contributed by atoms with Crippen molar-refractivity contribution >= 4 is 33.2 Å². The summed E-state index contributed by atoms with van der Waals surface area (Å²) < 4.78 is 15.9. The van der Waals surface area contributed by atoms with Crippen molar-refractivity contribution in [2.75, 3.05) is 0 Å². The van der Waals surface area contributed by atoms with Crippen LogP contribution >= 0.6 is 11.3 Å². The van der Waals surface area contributed by atoms with Gasteiger partial charge < -0.3 is 4.57 Å². The summed E-state index contributed by atoms with van der Waals surface area (Å²) in [4.78, 5) is 29.6. The minimum absolute atomic E-state index is 0.102. The fourth-order valence-corrected chi connectivity index (χ4v) is 3.93. The molecule has 1 aromatic heterocycles. The standard InChI is InChI=1S/C22H15FN2O2S/c1-25-18-12-11-17(23)13-19(18)28-22(25)24-21(27)16-9-7-15(8-10-16)20(26)14-5-3-2-4-6-14/h2-13H,1H3. The molecule has 0 spiro atoms. The number of carbonyl (C=O) groups is 2. The second-order valence-corrected chi connectivity index (χ2v) is 7.25. The Morgan fingerprint density at radius 2 is 1.54 bits per heavy atom. The zero-order chi connectivity index (χ0) is 19.7. The molecule has 0 aliphatic carbocycles. The number of rotatable bonds is 3. The first-order chi connectivity index (χ1) is 13.5. The number of carbonyl (C=O) groups excluding carboxylic acids is 2. The average molecular weight is 390 g/mol. The molecule has 0 saturated carbocycles. The third kappa shape index (κ3) is 3.42. The summed E-state index contributed by atoms with van der Waals surface area (Å²) in [5.74, 6) is -0.846. The first-order valence-electron chi connectivity index (χ1n) is 8.57. The van der Waals surface area contributed by atoms with Crippen LogP contribution in [0.3, 0.4) is 0 Å². The predicted molar refractivity (Wildman–Crippen MR) is 107 cm³/mol. The van der Waals surface area contributed by atoms with E-state index in [0.29, 0.717) is 21.5 Å². The first-order valence-corrected chi connectivity index (χ1v) is 9.38. The van der Waals surface area contributed by atoms with Crippen LogP contribution in [-0.4, -0.2) is 16.3 Å². The van der Waals surface area contributed by atoms with Crippen molar-refractivity contribution in [3.8, 4) is 0 Å². The van der Waals surface area contributed by atoms with E-state index in [9.17, 15) is 14.0 Å². The van der Waals surface area contributed by atoms with Gasteiger partial charge in [-0.05, 0) is 30.3 Å². The monoisotopic (exact) mass is 390 g/mol. The Labute approximate surface area is 164 Å². The minimum atomic E-state index is -0.415. The van der Waals surface area contributed by atoms with Gasteiger partial charge in [-0.25, -0.2) is 4.39 Å². The first kappa shape index (κ1) is 18.0. The summed E-state index contributed by atoms with van der Waals surface area (Å²) in [6.45, 7) is 0. The van der Waals surface area contributed by atoms with Gasteiger partial charge >= 0.3 is 0 Å². The lowest BCUT2D eigenvalue weighted by Gasteiger charge is -2.02. The largest absolute Gasteiger partial charge is 0.319 e. The number of ketones is 1. The van der Waals surface area contributed by atoms with Gasteiger partial charge in [0, 0.05) is 23.7 Å². The molecule has 0 fully saturated rings. The van der Waals surface area contributed by atoms with Gasteiger partial charge in [-0.15, -0.1) is 0 Å². The maximum Gasteiger partial charge on any atom is 0.279 e. The summed E-state index contributed by atoms with van der Waals surface area (Å²) in [7, 11) is 1.78. The number of hydrogen-bond acceptors (Lipinski definition) is 3. The van der Waals surface area contributed by atoms with E-state index in [1.807, 2.05) is 6.07 Å². The van der Waals surface area contributed by atoms with Crippen LogP contribution in [0, 0.1) is 5.82 Å². The number of hydrogen-bond donors (Lipinski definition) is 0. The maximum atomic E-state index is 13.4. The Morgan fingerprint density at radius 3 is 2.25 bits per heavy atom. The van der Waals surface area contributed by atoms with Crippen molar-refractivity contribution in [3.63, 3.8) is 0 Å². The Bertz CT molecular complexity index is 1260. The molecular weight excluding hydrogens is 375 g/mol. The van der Waals surface area contributed by atoms with Gasteiger partial charge in [0.25, 0.3) is 5.91 Å². The van der Waals surface area contributed by atoms with Gasteiger partial charge in [0.15, 0.2) is 10.6 Å². The molecule has 6 heteroatoms. The molecule has 0 N–H and O–H groups in total. The van der Waals surface area contributed by atoms with Gasteiger partial charge in [-0.2, -0.15) is 4.99 Å². The number of fused-ring (bicyclic) bond motifs is 1. The van der Waals surface area contributed by atoms with Crippen molar-refractivity contribution in [1.82, 2.24) is 4.57 Å². The molecule has 0 radical (unpaired) electrons. The average Bonchev–Trinajstić information content (AvgIpc) is 3.02. The van der Waals surface area contributed by atoms with E-state index in [2.05, 4.69) is 4.99 Å². The van der Waals surface area contributed by atoms with E-state index in [-0.39, 0.29) is 11.6 Å². The van der Waals surface area contributed by atoms with Crippen molar-refractivity contribution < 1.29 is 14.0 Å². The molecule has 138 valence electrons.